The number of nitrogens with one attached hydrogen (secondary N) is 1. The first-order valence-electron chi connectivity index (χ1n) is 10.3. The van der Waals surface area contributed by atoms with Crippen molar-refractivity contribution in [1.82, 2.24) is 9.62 Å². The topological polar surface area (TPSA) is 103 Å². The highest BCUT2D eigenvalue weighted by Crippen LogP contribution is 2.21. The molecule has 0 radical (unpaired) electrons. The number of hydrogen-bond acceptors (Lipinski definition) is 7. The summed E-state index contributed by atoms with van der Waals surface area (Å²) in [6.07, 6.45) is -0.688. The number of nitrogens with zero attached hydrogens (tertiary/aromatic N) is 1. The first-order chi connectivity index (χ1) is 15.4. The van der Waals surface area contributed by atoms with E-state index in [1.807, 2.05) is 0 Å². The molecule has 1 N–H and O–H groups in total. The van der Waals surface area contributed by atoms with Gasteiger partial charge in [0.1, 0.15) is 23.9 Å². The SMILES string of the molecule is COc1cccc(O[C@H](C)C(=O)NCCOc2ccc(S(=O)(=O)N3CCOCC3)cc2)c1. The molecule has 1 fully saturated rings. The lowest BCUT2D eigenvalue weighted by Crippen LogP contribution is -2.40. The van der Waals surface area contributed by atoms with E-state index in [0.29, 0.717) is 43.6 Å². The fraction of sp³-hybridized carbons (Fsp3) is 0.409. The van der Waals surface area contributed by atoms with Crippen LogP contribution < -0.4 is 19.5 Å². The summed E-state index contributed by atoms with van der Waals surface area (Å²) >= 11 is 0. The van der Waals surface area contributed by atoms with Crippen molar-refractivity contribution in [3.8, 4) is 17.2 Å². The Morgan fingerprint density at radius 2 is 1.78 bits per heavy atom. The minimum Gasteiger partial charge on any atom is -0.497 e. The van der Waals surface area contributed by atoms with Crippen LogP contribution >= 0.6 is 0 Å². The number of amides is 1. The summed E-state index contributed by atoms with van der Waals surface area (Å²) in [5.74, 6) is 1.42. The maximum atomic E-state index is 12.6. The Morgan fingerprint density at radius 3 is 2.47 bits per heavy atom. The molecule has 1 heterocycles. The van der Waals surface area contributed by atoms with Crippen LogP contribution in [0.15, 0.2) is 53.4 Å². The van der Waals surface area contributed by atoms with E-state index < -0.39 is 16.1 Å². The number of carbonyl (C=O) groups is 1. The molecule has 10 heteroatoms. The molecule has 0 unspecified atom stereocenters. The van der Waals surface area contributed by atoms with E-state index in [2.05, 4.69) is 5.32 Å². The Hall–Kier alpha value is -2.82. The maximum absolute atomic E-state index is 12.6. The molecule has 1 aliphatic heterocycles. The van der Waals surface area contributed by atoms with Gasteiger partial charge in [-0.25, -0.2) is 8.42 Å². The Bertz CT molecular complexity index is 990. The summed E-state index contributed by atoms with van der Waals surface area (Å²) in [5, 5.41) is 2.75. The lowest BCUT2D eigenvalue weighted by atomic mass is 10.3. The molecule has 32 heavy (non-hydrogen) atoms. The van der Waals surface area contributed by atoms with Gasteiger partial charge in [-0.1, -0.05) is 6.07 Å². The number of sulfonamides is 1. The van der Waals surface area contributed by atoms with E-state index in [-0.39, 0.29) is 24.0 Å². The number of ether oxygens (including phenoxy) is 4. The molecule has 0 aromatic heterocycles. The second kappa shape index (κ2) is 11.2. The van der Waals surface area contributed by atoms with Crippen molar-refractivity contribution in [3.63, 3.8) is 0 Å². The summed E-state index contributed by atoms with van der Waals surface area (Å²) < 4.78 is 48.2. The minimum atomic E-state index is -3.54. The molecule has 1 saturated heterocycles. The summed E-state index contributed by atoms with van der Waals surface area (Å²) in [6, 6.07) is 13.3. The Labute approximate surface area is 188 Å². The van der Waals surface area contributed by atoms with Gasteiger partial charge in [0.05, 0.1) is 31.8 Å². The van der Waals surface area contributed by atoms with Gasteiger partial charge in [0.25, 0.3) is 5.91 Å². The molecule has 1 aliphatic rings. The Kier molecular flexibility index (Phi) is 8.32. The van der Waals surface area contributed by atoms with Crippen LogP contribution in [0.1, 0.15) is 6.92 Å². The van der Waals surface area contributed by atoms with E-state index >= 15 is 0 Å². The highest BCUT2D eigenvalue weighted by Gasteiger charge is 2.26. The third-order valence-electron chi connectivity index (χ3n) is 4.82. The van der Waals surface area contributed by atoms with Crippen LogP contribution in [-0.2, 0) is 19.6 Å². The molecule has 0 aliphatic carbocycles. The van der Waals surface area contributed by atoms with Crippen LogP contribution in [0.3, 0.4) is 0 Å². The molecule has 9 nitrogen and oxygen atoms in total. The largest absolute Gasteiger partial charge is 0.497 e. The number of rotatable bonds is 10. The average Bonchev–Trinajstić information content (AvgIpc) is 2.82. The highest BCUT2D eigenvalue weighted by atomic mass is 32.2. The number of morpholine rings is 1. The van der Waals surface area contributed by atoms with Crippen molar-refractivity contribution >= 4 is 15.9 Å². The Morgan fingerprint density at radius 1 is 1.09 bits per heavy atom. The molecular formula is C22H28N2O7S. The van der Waals surface area contributed by atoms with Crippen molar-refractivity contribution in [3.05, 3.63) is 48.5 Å². The maximum Gasteiger partial charge on any atom is 0.260 e. The van der Waals surface area contributed by atoms with Crippen molar-refractivity contribution in [2.45, 2.75) is 17.9 Å². The molecule has 174 valence electrons. The van der Waals surface area contributed by atoms with Gasteiger partial charge in [0, 0.05) is 19.2 Å². The standard InChI is InChI=1S/C22H28N2O7S/c1-17(31-20-5-3-4-19(16-20)28-2)22(25)23-10-13-30-18-6-8-21(9-7-18)32(26,27)24-11-14-29-15-12-24/h3-9,16-17H,10-15H2,1-2H3,(H,23,25)/t17-/m1/s1. The minimum absolute atomic E-state index is 0.212. The monoisotopic (exact) mass is 464 g/mol. The lowest BCUT2D eigenvalue weighted by molar-refractivity contribution is -0.127. The van der Waals surface area contributed by atoms with Gasteiger partial charge in [0.2, 0.25) is 10.0 Å². The van der Waals surface area contributed by atoms with Crippen molar-refractivity contribution in [1.29, 1.82) is 0 Å². The third-order valence-corrected chi connectivity index (χ3v) is 6.74. The zero-order valence-electron chi connectivity index (χ0n) is 18.2. The number of benzene rings is 2. The molecule has 1 amide bonds. The first kappa shape index (κ1) is 23.8. The second-order valence-corrected chi connectivity index (χ2v) is 9.00. The number of hydrogen-bond donors (Lipinski definition) is 1. The molecule has 3 rings (SSSR count). The zero-order valence-corrected chi connectivity index (χ0v) is 19.0. The predicted molar refractivity (Wildman–Crippen MR) is 118 cm³/mol. The fourth-order valence-corrected chi connectivity index (χ4v) is 4.47. The average molecular weight is 465 g/mol. The van der Waals surface area contributed by atoms with Crippen LogP contribution in [0.2, 0.25) is 0 Å². The van der Waals surface area contributed by atoms with Gasteiger partial charge in [-0.15, -0.1) is 0 Å². The smallest absolute Gasteiger partial charge is 0.260 e. The summed E-state index contributed by atoms with van der Waals surface area (Å²) in [6.45, 7) is 3.65. The van der Waals surface area contributed by atoms with E-state index in [1.54, 1.807) is 50.4 Å². The number of methoxy groups -OCH3 is 1. The lowest BCUT2D eigenvalue weighted by Gasteiger charge is -2.26. The van der Waals surface area contributed by atoms with Gasteiger partial charge >= 0.3 is 0 Å². The predicted octanol–water partition coefficient (Wildman–Crippen LogP) is 1.68. The normalized spacial score (nSPS) is 15.6. The summed E-state index contributed by atoms with van der Waals surface area (Å²) in [7, 11) is -1.97. The highest BCUT2D eigenvalue weighted by molar-refractivity contribution is 7.89. The third kappa shape index (κ3) is 6.35. The molecule has 0 saturated carbocycles. The molecule has 2 aromatic carbocycles. The van der Waals surface area contributed by atoms with Crippen LogP contribution in [0.4, 0.5) is 0 Å². The van der Waals surface area contributed by atoms with Gasteiger partial charge in [0.15, 0.2) is 6.10 Å². The van der Waals surface area contributed by atoms with Crippen molar-refractivity contribution < 1.29 is 32.2 Å². The van der Waals surface area contributed by atoms with Crippen LogP contribution in [-0.4, -0.2) is 71.3 Å². The van der Waals surface area contributed by atoms with E-state index in [1.165, 1.54) is 16.4 Å². The van der Waals surface area contributed by atoms with Crippen LogP contribution in [0.25, 0.3) is 0 Å². The van der Waals surface area contributed by atoms with Crippen molar-refractivity contribution in [2.75, 3.05) is 46.6 Å². The second-order valence-electron chi connectivity index (χ2n) is 7.07. The molecular weight excluding hydrogens is 436 g/mol. The van der Waals surface area contributed by atoms with Gasteiger partial charge < -0.3 is 24.3 Å². The van der Waals surface area contributed by atoms with E-state index in [0.717, 1.165) is 0 Å². The zero-order chi connectivity index (χ0) is 23.0. The quantitative estimate of drug-likeness (QED) is 0.534. The van der Waals surface area contributed by atoms with Gasteiger partial charge in [-0.3, -0.25) is 4.79 Å². The molecule has 2 aromatic rings. The van der Waals surface area contributed by atoms with E-state index in [4.69, 9.17) is 18.9 Å². The molecule has 1 atom stereocenters. The number of carbonyl (C=O) groups excluding carboxylic acids is 1. The Balaban J connectivity index is 1.42. The summed E-state index contributed by atoms with van der Waals surface area (Å²) in [4.78, 5) is 12.4. The summed E-state index contributed by atoms with van der Waals surface area (Å²) in [5.41, 5.74) is 0. The fourth-order valence-electron chi connectivity index (χ4n) is 3.06. The molecule has 0 spiro atoms. The molecule has 0 bridgehead atoms. The van der Waals surface area contributed by atoms with Crippen molar-refractivity contribution in [2.24, 2.45) is 0 Å². The van der Waals surface area contributed by atoms with Gasteiger partial charge in [-0.2, -0.15) is 4.31 Å². The van der Waals surface area contributed by atoms with Crippen LogP contribution in [0, 0.1) is 0 Å². The first-order valence-corrected chi connectivity index (χ1v) is 11.7. The van der Waals surface area contributed by atoms with Gasteiger partial charge in [-0.05, 0) is 43.3 Å². The van der Waals surface area contributed by atoms with E-state index in [9.17, 15) is 13.2 Å². The van der Waals surface area contributed by atoms with Crippen LogP contribution in [0.5, 0.6) is 17.2 Å².